The SMILES string of the molecule is C.CC.COc1ccc(C2=CN3C(=O)c4cc(OC)c(OCCCOc5cc6c(cc5OC)C(=O)N5C=C(c7ccc(N)cc7)CC5C=N6)cc4N=CC3C2)cc1. The highest BCUT2D eigenvalue weighted by Gasteiger charge is 2.35. The van der Waals surface area contributed by atoms with Gasteiger partial charge < -0.3 is 39.2 Å². The Morgan fingerprint density at radius 1 is 0.632 bits per heavy atom. The van der Waals surface area contributed by atoms with Crippen LogP contribution in [0.5, 0.6) is 28.7 Å². The zero-order valence-electron chi connectivity index (χ0n) is 32.2. The lowest BCUT2D eigenvalue weighted by Crippen LogP contribution is -2.32. The number of rotatable bonds is 11. The summed E-state index contributed by atoms with van der Waals surface area (Å²) in [6.45, 7) is 4.61. The molecule has 4 aliphatic rings. The fraction of sp³-hybridized carbons (Fsp3) is 0.289. The van der Waals surface area contributed by atoms with Gasteiger partial charge in [0.1, 0.15) is 5.75 Å². The molecule has 2 amide bonds. The molecule has 4 heterocycles. The van der Waals surface area contributed by atoms with E-state index < -0.39 is 0 Å². The molecular weight excluding hydrogens is 723 g/mol. The lowest BCUT2D eigenvalue weighted by Gasteiger charge is -2.19. The van der Waals surface area contributed by atoms with Gasteiger partial charge in [-0.2, -0.15) is 0 Å². The van der Waals surface area contributed by atoms with Crippen LogP contribution in [0.25, 0.3) is 11.1 Å². The molecule has 2 N–H and O–H groups in total. The molecule has 0 spiro atoms. The van der Waals surface area contributed by atoms with Crippen LogP contribution in [0.4, 0.5) is 17.1 Å². The van der Waals surface area contributed by atoms with Gasteiger partial charge in [0.05, 0.1) is 69.1 Å². The van der Waals surface area contributed by atoms with E-state index in [1.807, 2.05) is 81.0 Å². The van der Waals surface area contributed by atoms with Gasteiger partial charge in [-0.25, -0.2) is 0 Å². The third kappa shape index (κ3) is 8.07. The third-order valence-corrected chi connectivity index (χ3v) is 9.97. The number of methoxy groups -OCH3 is 3. The lowest BCUT2D eigenvalue weighted by atomic mass is 10.0. The van der Waals surface area contributed by atoms with E-state index >= 15 is 0 Å². The van der Waals surface area contributed by atoms with E-state index in [9.17, 15) is 9.59 Å². The first-order chi connectivity index (χ1) is 27.3. The molecule has 0 saturated carbocycles. The van der Waals surface area contributed by atoms with Gasteiger partial charge >= 0.3 is 0 Å². The maximum absolute atomic E-state index is 13.7. The smallest absolute Gasteiger partial charge is 0.260 e. The monoisotopic (exact) mass is 771 g/mol. The standard InChI is InChI=1S/C42H39N5O7.C2H6.CH4/c1-50-32-11-7-26(8-12-32)28-16-31-22-45-36-20-40(38(52-3)18-34(36)42(49)47(31)24-28)54-14-4-13-53-39-19-35-33(17-37(39)51-2)41(48)46-23-27(15-30(46)21-44-35)25-5-9-29(43)10-6-25;1-2;/h5-12,17-24,30-31H,4,13-16,43H2,1-3H3;1-2H3;1H4. The minimum atomic E-state index is -0.203. The van der Waals surface area contributed by atoms with Crippen molar-refractivity contribution >= 4 is 52.5 Å². The molecule has 4 aromatic rings. The van der Waals surface area contributed by atoms with E-state index in [0.717, 1.165) is 28.0 Å². The van der Waals surface area contributed by atoms with Crippen molar-refractivity contribution in [3.8, 4) is 28.7 Å². The average molecular weight is 772 g/mol. The fourth-order valence-corrected chi connectivity index (χ4v) is 7.07. The minimum absolute atomic E-state index is 0. The Balaban J connectivity index is 0.00000180. The number of ether oxygens (including phenoxy) is 5. The molecular formula is C45H49N5O7. The number of anilines is 1. The topological polar surface area (TPSA) is 138 Å². The summed E-state index contributed by atoms with van der Waals surface area (Å²) in [6.07, 6.45) is 9.22. The van der Waals surface area contributed by atoms with Gasteiger partial charge in [0, 0.05) is 61.9 Å². The second-order valence-electron chi connectivity index (χ2n) is 13.3. The highest BCUT2D eigenvalue weighted by atomic mass is 16.5. The Morgan fingerprint density at radius 3 is 1.49 bits per heavy atom. The molecule has 0 radical (unpaired) electrons. The second-order valence-corrected chi connectivity index (χ2v) is 13.3. The zero-order valence-corrected chi connectivity index (χ0v) is 32.2. The number of carbonyl (C=O) groups excluding carboxylic acids is 2. The second kappa shape index (κ2) is 17.5. The number of nitrogens with two attached hydrogens (primary N) is 1. The molecule has 12 heteroatoms. The number of amides is 2. The number of nitrogens with zero attached hydrogens (tertiary/aromatic N) is 4. The lowest BCUT2D eigenvalue weighted by molar-refractivity contribution is 0.0809. The number of aliphatic imine (C=N–C) groups is 2. The maximum Gasteiger partial charge on any atom is 0.260 e. The third-order valence-electron chi connectivity index (χ3n) is 9.97. The number of hydrogen-bond acceptors (Lipinski definition) is 10. The molecule has 0 aliphatic carbocycles. The van der Waals surface area contributed by atoms with Crippen molar-refractivity contribution < 1.29 is 33.3 Å². The molecule has 2 unspecified atom stereocenters. The number of fused-ring (bicyclic) bond motifs is 4. The summed E-state index contributed by atoms with van der Waals surface area (Å²) in [6, 6.07) is 21.9. The van der Waals surface area contributed by atoms with Gasteiger partial charge in [0.15, 0.2) is 23.0 Å². The largest absolute Gasteiger partial charge is 0.497 e. The molecule has 4 aromatic carbocycles. The number of carbonyl (C=O) groups is 2. The van der Waals surface area contributed by atoms with E-state index in [1.54, 1.807) is 54.5 Å². The first-order valence-corrected chi connectivity index (χ1v) is 18.7. The zero-order chi connectivity index (χ0) is 39.3. The van der Waals surface area contributed by atoms with Gasteiger partial charge in [-0.05, 0) is 58.7 Å². The summed E-state index contributed by atoms with van der Waals surface area (Å²) in [7, 11) is 4.72. The maximum atomic E-state index is 13.7. The van der Waals surface area contributed by atoms with Crippen molar-refractivity contribution in [2.24, 2.45) is 9.98 Å². The molecule has 4 aliphatic heterocycles. The molecule has 0 saturated heterocycles. The molecule has 0 fully saturated rings. The van der Waals surface area contributed by atoms with E-state index in [1.165, 1.54) is 7.11 Å². The summed E-state index contributed by atoms with van der Waals surface area (Å²) >= 11 is 0. The van der Waals surface area contributed by atoms with E-state index in [0.29, 0.717) is 83.7 Å². The van der Waals surface area contributed by atoms with Crippen LogP contribution in [-0.4, -0.2) is 80.7 Å². The molecule has 0 bridgehead atoms. The average Bonchev–Trinajstić information content (AvgIpc) is 3.81. The number of nitrogen functional groups attached to an aromatic ring is 1. The van der Waals surface area contributed by atoms with Crippen LogP contribution in [0.15, 0.2) is 95.2 Å². The van der Waals surface area contributed by atoms with Gasteiger partial charge in [-0.3, -0.25) is 19.6 Å². The van der Waals surface area contributed by atoms with E-state index in [2.05, 4.69) is 4.99 Å². The Hall–Kier alpha value is -6.56. The van der Waals surface area contributed by atoms with Crippen molar-refractivity contribution in [3.63, 3.8) is 0 Å². The van der Waals surface area contributed by atoms with Crippen LogP contribution >= 0.6 is 0 Å². The Morgan fingerprint density at radius 2 is 1.07 bits per heavy atom. The summed E-state index contributed by atoms with van der Waals surface area (Å²) in [4.78, 5) is 40.3. The van der Waals surface area contributed by atoms with Crippen molar-refractivity contribution in [2.75, 3.05) is 40.3 Å². The molecule has 8 rings (SSSR count). The van der Waals surface area contributed by atoms with Crippen LogP contribution < -0.4 is 29.4 Å². The van der Waals surface area contributed by atoms with Crippen molar-refractivity contribution in [1.29, 1.82) is 0 Å². The first kappa shape index (κ1) is 40.1. The van der Waals surface area contributed by atoms with Crippen LogP contribution in [0.2, 0.25) is 0 Å². The van der Waals surface area contributed by atoms with Crippen LogP contribution in [-0.2, 0) is 0 Å². The van der Waals surface area contributed by atoms with Crippen LogP contribution in [0.1, 0.15) is 72.4 Å². The van der Waals surface area contributed by atoms with Gasteiger partial charge in [-0.15, -0.1) is 0 Å². The van der Waals surface area contributed by atoms with Gasteiger partial charge in [0.2, 0.25) is 0 Å². The predicted octanol–water partition coefficient (Wildman–Crippen LogP) is 8.75. The Bertz CT molecular complexity index is 2250. The molecule has 57 heavy (non-hydrogen) atoms. The van der Waals surface area contributed by atoms with E-state index in [-0.39, 0.29) is 31.3 Å². The number of benzene rings is 4. The van der Waals surface area contributed by atoms with Gasteiger partial charge in [0.25, 0.3) is 11.8 Å². The minimum Gasteiger partial charge on any atom is -0.497 e. The summed E-state index contributed by atoms with van der Waals surface area (Å²) in [5, 5.41) is 0. The van der Waals surface area contributed by atoms with Crippen LogP contribution in [0, 0.1) is 0 Å². The molecule has 296 valence electrons. The molecule has 12 nitrogen and oxygen atoms in total. The number of hydrogen-bond donors (Lipinski definition) is 1. The highest BCUT2D eigenvalue weighted by Crippen LogP contribution is 2.42. The predicted molar refractivity (Wildman–Crippen MR) is 225 cm³/mol. The van der Waals surface area contributed by atoms with Gasteiger partial charge in [-0.1, -0.05) is 45.5 Å². The normalized spacial score (nSPS) is 17.3. The van der Waals surface area contributed by atoms with Crippen molar-refractivity contribution in [1.82, 2.24) is 9.80 Å². The van der Waals surface area contributed by atoms with Crippen molar-refractivity contribution in [2.45, 2.75) is 52.6 Å². The summed E-state index contributed by atoms with van der Waals surface area (Å²) in [5.41, 5.74) is 12.6. The summed E-state index contributed by atoms with van der Waals surface area (Å²) < 4.78 is 28.8. The summed E-state index contributed by atoms with van der Waals surface area (Å²) in [5.74, 6) is 2.27. The molecule has 0 aromatic heterocycles. The Labute approximate surface area is 333 Å². The van der Waals surface area contributed by atoms with Crippen molar-refractivity contribution in [3.05, 3.63) is 107 Å². The van der Waals surface area contributed by atoms with E-state index in [4.69, 9.17) is 34.4 Å². The highest BCUT2D eigenvalue weighted by molar-refractivity contribution is 6.06. The Kier molecular flexibility index (Phi) is 12.3. The van der Waals surface area contributed by atoms with Crippen LogP contribution in [0.3, 0.4) is 0 Å². The fourth-order valence-electron chi connectivity index (χ4n) is 7.07. The molecule has 2 atom stereocenters. The quantitative estimate of drug-likeness (QED) is 0.118. The first-order valence-electron chi connectivity index (χ1n) is 18.7.